The summed E-state index contributed by atoms with van der Waals surface area (Å²) in [7, 11) is 0. The van der Waals surface area contributed by atoms with Crippen LogP contribution in [-0.2, 0) is 4.74 Å². The third-order valence-electron chi connectivity index (χ3n) is 4.13. The molecule has 1 amide bonds. The van der Waals surface area contributed by atoms with Crippen LogP contribution in [0.2, 0.25) is 0 Å². The van der Waals surface area contributed by atoms with Crippen LogP contribution in [0, 0.1) is 0 Å². The van der Waals surface area contributed by atoms with Gasteiger partial charge in [-0.25, -0.2) is 4.79 Å². The molecule has 0 aromatic heterocycles. The number of anilines is 1. The Morgan fingerprint density at radius 1 is 1.30 bits per heavy atom. The molecule has 1 aromatic carbocycles. The molecule has 1 fully saturated rings. The summed E-state index contributed by atoms with van der Waals surface area (Å²) in [5, 5.41) is 2.84. The Balaban J connectivity index is 1.94. The first kappa shape index (κ1) is 17.8. The van der Waals surface area contributed by atoms with Crippen LogP contribution in [0.5, 0.6) is 0 Å². The number of likely N-dealkylation sites (tertiary alicyclic amines) is 1. The van der Waals surface area contributed by atoms with Crippen LogP contribution < -0.4 is 5.32 Å². The lowest BCUT2D eigenvalue weighted by molar-refractivity contribution is 0.0636. The topological polar surface area (TPSA) is 41.6 Å². The summed E-state index contributed by atoms with van der Waals surface area (Å²) >= 11 is 0. The average Bonchev–Trinajstić information content (AvgIpc) is 2.46. The Morgan fingerprint density at radius 3 is 2.61 bits per heavy atom. The number of rotatable bonds is 4. The van der Waals surface area contributed by atoms with Gasteiger partial charge in [-0.2, -0.15) is 0 Å². The molecule has 0 radical (unpaired) electrons. The minimum absolute atomic E-state index is 0.396. The predicted molar refractivity (Wildman–Crippen MR) is 95.0 cm³/mol. The molecule has 4 heteroatoms. The van der Waals surface area contributed by atoms with E-state index in [2.05, 4.69) is 29.3 Å². The second-order valence-corrected chi connectivity index (χ2v) is 7.37. The summed E-state index contributed by atoms with van der Waals surface area (Å²) in [6.07, 6.45) is 3.21. The van der Waals surface area contributed by atoms with Crippen LogP contribution in [0.4, 0.5) is 10.5 Å². The van der Waals surface area contributed by atoms with Gasteiger partial charge in [-0.05, 0) is 83.3 Å². The van der Waals surface area contributed by atoms with Crippen molar-refractivity contribution in [3.63, 3.8) is 0 Å². The molecule has 1 heterocycles. The first-order valence-corrected chi connectivity index (χ1v) is 8.69. The molecule has 0 saturated carbocycles. The van der Waals surface area contributed by atoms with Crippen molar-refractivity contribution in [3.05, 3.63) is 29.8 Å². The second kappa shape index (κ2) is 7.82. The van der Waals surface area contributed by atoms with Crippen molar-refractivity contribution in [2.75, 3.05) is 25.0 Å². The van der Waals surface area contributed by atoms with Crippen LogP contribution >= 0.6 is 0 Å². The Kier molecular flexibility index (Phi) is 6.05. The maximum atomic E-state index is 11.9. The molecule has 2 rings (SSSR count). The first-order valence-electron chi connectivity index (χ1n) is 8.69. The fourth-order valence-corrected chi connectivity index (χ4v) is 3.10. The maximum absolute atomic E-state index is 11.9. The van der Waals surface area contributed by atoms with E-state index >= 15 is 0 Å². The van der Waals surface area contributed by atoms with Gasteiger partial charge in [-0.1, -0.05) is 19.1 Å². The number of ether oxygens (including phenoxy) is 1. The molecule has 0 atom stereocenters. The fraction of sp³-hybridized carbons (Fsp3) is 0.632. The Labute approximate surface area is 140 Å². The van der Waals surface area contributed by atoms with E-state index in [0.717, 1.165) is 5.69 Å². The number of piperidine rings is 1. The Bertz CT molecular complexity index is 514. The van der Waals surface area contributed by atoms with E-state index in [9.17, 15) is 4.79 Å². The lowest BCUT2D eigenvalue weighted by Gasteiger charge is -2.32. The largest absolute Gasteiger partial charge is 0.444 e. The van der Waals surface area contributed by atoms with E-state index < -0.39 is 11.7 Å². The molecule has 23 heavy (non-hydrogen) atoms. The third kappa shape index (κ3) is 5.87. The van der Waals surface area contributed by atoms with Gasteiger partial charge in [0.25, 0.3) is 0 Å². The molecule has 1 N–H and O–H groups in total. The van der Waals surface area contributed by atoms with Gasteiger partial charge in [0.1, 0.15) is 5.60 Å². The molecule has 0 bridgehead atoms. The number of carbonyl (C=O) groups is 1. The summed E-state index contributed by atoms with van der Waals surface area (Å²) in [4.78, 5) is 14.4. The van der Waals surface area contributed by atoms with Crippen molar-refractivity contribution in [2.45, 2.75) is 58.5 Å². The van der Waals surface area contributed by atoms with Crippen LogP contribution in [0.1, 0.15) is 58.4 Å². The minimum Gasteiger partial charge on any atom is -0.444 e. The molecule has 1 aromatic rings. The van der Waals surface area contributed by atoms with Crippen molar-refractivity contribution in [1.29, 1.82) is 0 Å². The van der Waals surface area contributed by atoms with Gasteiger partial charge in [-0.3, -0.25) is 5.32 Å². The number of carbonyl (C=O) groups excluding carboxylic acids is 1. The summed E-state index contributed by atoms with van der Waals surface area (Å²) < 4.78 is 5.31. The number of benzene rings is 1. The zero-order chi connectivity index (χ0) is 16.9. The predicted octanol–water partition coefficient (Wildman–Crippen LogP) is 4.62. The van der Waals surface area contributed by atoms with E-state index in [1.165, 1.54) is 44.5 Å². The molecule has 1 saturated heterocycles. The maximum Gasteiger partial charge on any atom is 0.412 e. The molecule has 128 valence electrons. The standard InChI is InChI=1S/C19H30N2O2/c1-5-11-21-12-9-15(10-13-21)16-7-6-8-17(14-16)20-18(22)23-19(2,3)4/h6-8,14-15H,5,9-13H2,1-4H3,(H,20,22). The van der Waals surface area contributed by atoms with Crippen molar-refractivity contribution < 1.29 is 9.53 Å². The van der Waals surface area contributed by atoms with Crippen LogP contribution in [0.3, 0.4) is 0 Å². The summed E-state index contributed by atoms with van der Waals surface area (Å²) in [6.45, 7) is 11.4. The summed E-state index contributed by atoms with van der Waals surface area (Å²) in [6, 6.07) is 8.19. The van der Waals surface area contributed by atoms with Crippen LogP contribution in [0.15, 0.2) is 24.3 Å². The van der Waals surface area contributed by atoms with E-state index in [1.807, 2.05) is 32.9 Å². The summed E-state index contributed by atoms with van der Waals surface area (Å²) in [5.41, 5.74) is 1.65. The minimum atomic E-state index is -0.478. The van der Waals surface area contributed by atoms with Crippen molar-refractivity contribution in [3.8, 4) is 0 Å². The fourth-order valence-electron chi connectivity index (χ4n) is 3.10. The molecular formula is C19H30N2O2. The molecular weight excluding hydrogens is 288 g/mol. The SMILES string of the molecule is CCCN1CCC(c2cccc(NC(=O)OC(C)(C)C)c2)CC1. The lowest BCUT2D eigenvalue weighted by atomic mass is 9.89. The monoisotopic (exact) mass is 318 g/mol. The van der Waals surface area contributed by atoms with Crippen molar-refractivity contribution in [1.82, 2.24) is 4.90 Å². The van der Waals surface area contributed by atoms with Crippen molar-refractivity contribution >= 4 is 11.8 Å². The number of nitrogens with one attached hydrogen (secondary N) is 1. The smallest absolute Gasteiger partial charge is 0.412 e. The molecule has 1 aliphatic rings. The van der Waals surface area contributed by atoms with Gasteiger partial charge in [0, 0.05) is 5.69 Å². The highest BCUT2D eigenvalue weighted by Crippen LogP contribution is 2.29. The Hall–Kier alpha value is -1.55. The average molecular weight is 318 g/mol. The zero-order valence-electron chi connectivity index (χ0n) is 14.9. The quantitative estimate of drug-likeness (QED) is 0.880. The molecule has 0 spiro atoms. The van der Waals surface area contributed by atoms with Gasteiger partial charge in [0.05, 0.1) is 0 Å². The highest BCUT2D eigenvalue weighted by atomic mass is 16.6. The van der Waals surface area contributed by atoms with Gasteiger partial charge >= 0.3 is 6.09 Å². The molecule has 4 nitrogen and oxygen atoms in total. The highest BCUT2D eigenvalue weighted by Gasteiger charge is 2.21. The number of amides is 1. The van der Waals surface area contributed by atoms with Crippen LogP contribution in [0.25, 0.3) is 0 Å². The van der Waals surface area contributed by atoms with E-state index in [-0.39, 0.29) is 0 Å². The van der Waals surface area contributed by atoms with Gasteiger partial charge < -0.3 is 9.64 Å². The number of hydrogen-bond acceptors (Lipinski definition) is 3. The van der Waals surface area contributed by atoms with Crippen molar-refractivity contribution in [2.24, 2.45) is 0 Å². The highest BCUT2D eigenvalue weighted by molar-refractivity contribution is 5.84. The van der Waals surface area contributed by atoms with Gasteiger partial charge in [-0.15, -0.1) is 0 Å². The number of hydrogen-bond donors (Lipinski definition) is 1. The molecule has 0 aliphatic carbocycles. The van der Waals surface area contributed by atoms with E-state index in [1.54, 1.807) is 0 Å². The second-order valence-electron chi connectivity index (χ2n) is 7.37. The zero-order valence-corrected chi connectivity index (χ0v) is 14.9. The molecule has 0 unspecified atom stereocenters. The van der Waals surface area contributed by atoms with Crippen LogP contribution in [-0.4, -0.2) is 36.2 Å². The number of nitrogens with zero attached hydrogens (tertiary/aromatic N) is 1. The summed E-state index contributed by atoms with van der Waals surface area (Å²) in [5.74, 6) is 0.587. The van der Waals surface area contributed by atoms with Gasteiger partial charge in [0.15, 0.2) is 0 Å². The Morgan fingerprint density at radius 2 is 2.00 bits per heavy atom. The third-order valence-corrected chi connectivity index (χ3v) is 4.13. The molecule has 1 aliphatic heterocycles. The first-order chi connectivity index (χ1) is 10.9. The van der Waals surface area contributed by atoms with Gasteiger partial charge in [0.2, 0.25) is 0 Å². The van der Waals surface area contributed by atoms with E-state index in [4.69, 9.17) is 4.74 Å². The van der Waals surface area contributed by atoms with E-state index in [0.29, 0.717) is 5.92 Å². The normalized spacial score (nSPS) is 17.0. The lowest BCUT2D eigenvalue weighted by Crippen LogP contribution is -2.33.